The predicted octanol–water partition coefficient (Wildman–Crippen LogP) is 2.44. The zero-order valence-corrected chi connectivity index (χ0v) is 12.9. The van der Waals surface area contributed by atoms with Gasteiger partial charge in [0.1, 0.15) is 12.4 Å². The van der Waals surface area contributed by atoms with Gasteiger partial charge in [-0.3, -0.25) is 0 Å². The van der Waals surface area contributed by atoms with E-state index in [1.807, 2.05) is 12.1 Å². The molecule has 1 aromatic carbocycles. The van der Waals surface area contributed by atoms with Gasteiger partial charge in [0.2, 0.25) is 0 Å². The van der Waals surface area contributed by atoms with Crippen LogP contribution < -0.4 is 10.1 Å². The van der Waals surface area contributed by atoms with Crippen LogP contribution in [0.5, 0.6) is 5.75 Å². The van der Waals surface area contributed by atoms with Crippen molar-refractivity contribution in [2.45, 2.75) is 19.8 Å². The van der Waals surface area contributed by atoms with Gasteiger partial charge in [0.15, 0.2) is 0 Å². The van der Waals surface area contributed by atoms with Gasteiger partial charge in [0, 0.05) is 20.2 Å². The SMILES string of the molecule is COCCNCCOCCOc1cccc(C(C)C)c1. The number of hydrogen-bond acceptors (Lipinski definition) is 4. The normalized spacial score (nSPS) is 11.0. The molecule has 0 aromatic heterocycles. The molecule has 4 nitrogen and oxygen atoms in total. The van der Waals surface area contributed by atoms with Crippen LogP contribution in [0.1, 0.15) is 25.3 Å². The number of rotatable bonds is 11. The summed E-state index contributed by atoms with van der Waals surface area (Å²) < 4.78 is 16.1. The topological polar surface area (TPSA) is 39.7 Å². The maximum Gasteiger partial charge on any atom is 0.119 e. The van der Waals surface area contributed by atoms with Crippen LogP contribution in [-0.2, 0) is 9.47 Å². The van der Waals surface area contributed by atoms with Gasteiger partial charge in [-0.2, -0.15) is 0 Å². The maximum absolute atomic E-state index is 5.68. The van der Waals surface area contributed by atoms with Crippen LogP contribution >= 0.6 is 0 Å². The van der Waals surface area contributed by atoms with Gasteiger partial charge >= 0.3 is 0 Å². The number of benzene rings is 1. The smallest absolute Gasteiger partial charge is 0.119 e. The van der Waals surface area contributed by atoms with Gasteiger partial charge in [-0.15, -0.1) is 0 Å². The lowest BCUT2D eigenvalue weighted by atomic mass is 10.0. The van der Waals surface area contributed by atoms with E-state index in [-0.39, 0.29) is 0 Å². The van der Waals surface area contributed by atoms with E-state index in [4.69, 9.17) is 14.2 Å². The first-order chi connectivity index (χ1) is 9.74. The molecule has 0 unspecified atom stereocenters. The first-order valence-corrected chi connectivity index (χ1v) is 7.24. The summed E-state index contributed by atoms with van der Waals surface area (Å²) in [5.41, 5.74) is 1.30. The summed E-state index contributed by atoms with van der Waals surface area (Å²) in [6.07, 6.45) is 0. The average Bonchev–Trinajstić information content (AvgIpc) is 2.46. The highest BCUT2D eigenvalue weighted by molar-refractivity contribution is 5.30. The van der Waals surface area contributed by atoms with Crippen LogP contribution in [0.15, 0.2) is 24.3 Å². The molecule has 0 saturated carbocycles. The molecular weight excluding hydrogens is 254 g/mol. The van der Waals surface area contributed by atoms with E-state index in [0.717, 1.165) is 25.4 Å². The van der Waals surface area contributed by atoms with Gasteiger partial charge in [-0.05, 0) is 23.6 Å². The molecule has 0 aliphatic rings. The van der Waals surface area contributed by atoms with Crippen molar-refractivity contribution in [3.8, 4) is 5.75 Å². The second-order valence-corrected chi connectivity index (χ2v) is 4.93. The van der Waals surface area contributed by atoms with Gasteiger partial charge < -0.3 is 19.5 Å². The summed E-state index contributed by atoms with van der Waals surface area (Å²) in [6, 6.07) is 8.24. The maximum atomic E-state index is 5.68. The van der Waals surface area contributed by atoms with E-state index in [1.165, 1.54) is 5.56 Å². The number of hydrogen-bond donors (Lipinski definition) is 1. The zero-order valence-electron chi connectivity index (χ0n) is 12.9. The molecule has 114 valence electrons. The molecule has 1 aromatic rings. The van der Waals surface area contributed by atoms with Crippen LogP contribution in [-0.4, -0.2) is 46.6 Å². The Bertz CT molecular complexity index is 355. The third kappa shape index (κ3) is 7.48. The third-order valence-electron chi connectivity index (χ3n) is 2.93. The molecule has 0 saturated heterocycles. The largest absolute Gasteiger partial charge is 0.491 e. The van der Waals surface area contributed by atoms with Gasteiger partial charge in [0.05, 0.1) is 19.8 Å². The molecule has 0 aliphatic heterocycles. The molecule has 0 atom stereocenters. The molecule has 0 spiro atoms. The Hall–Kier alpha value is -1.10. The molecule has 1 N–H and O–H groups in total. The van der Waals surface area contributed by atoms with E-state index in [2.05, 4.69) is 31.3 Å². The van der Waals surface area contributed by atoms with E-state index in [0.29, 0.717) is 25.7 Å². The molecule has 0 bridgehead atoms. The first kappa shape index (κ1) is 17.0. The molecule has 20 heavy (non-hydrogen) atoms. The van der Waals surface area contributed by atoms with Gasteiger partial charge in [-0.1, -0.05) is 26.0 Å². The molecule has 4 heteroatoms. The number of ether oxygens (including phenoxy) is 3. The summed E-state index contributed by atoms with van der Waals surface area (Å²) >= 11 is 0. The van der Waals surface area contributed by atoms with Crippen molar-refractivity contribution in [3.05, 3.63) is 29.8 Å². The molecular formula is C16H27NO3. The third-order valence-corrected chi connectivity index (χ3v) is 2.93. The average molecular weight is 281 g/mol. The Morgan fingerprint density at radius 2 is 1.85 bits per heavy atom. The lowest BCUT2D eigenvalue weighted by molar-refractivity contribution is 0.100. The van der Waals surface area contributed by atoms with Crippen LogP contribution in [0.25, 0.3) is 0 Å². The Morgan fingerprint density at radius 3 is 2.60 bits per heavy atom. The summed E-state index contributed by atoms with van der Waals surface area (Å²) in [7, 11) is 1.70. The molecule has 0 radical (unpaired) electrons. The van der Waals surface area contributed by atoms with Crippen molar-refractivity contribution in [3.63, 3.8) is 0 Å². The lowest BCUT2D eigenvalue weighted by Gasteiger charge is -2.10. The van der Waals surface area contributed by atoms with Crippen LogP contribution in [0.2, 0.25) is 0 Å². The minimum Gasteiger partial charge on any atom is -0.491 e. The highest BCUT2D eigenvalue weighted by atomic mass is 16.5. The highest BCUT2D eigenvalue weighted by Crippen LogP contribution is 2.19. The summed E-state index contributed by atoms with van der Waals surface area (Å²) in [5, 5.41) is 3.22. The number of nitrogens with one attached hydrogen (secondary N) is 1. The van der Waals surface area contributed by atoms with Gasteiger partial charge in [0.25, 0.3) is 0 Å². The summed E-state index contributed by atoms with van der Waals surface area (Å²) in [4.78, 5) is 0. The Kier molecular flexibility index (Phi) is 9.04. The molecule has 0 amide bonds. The molecule has 0 aliphatic carbocycles. The van der Waals surface area contributed by atoms with Crippen LogP contribution in [0, 0.1) is 0 Å². The minimum atomic E-state index is 0.521. The standard InChI is InChI=1S/C16H27NO3/c1-14(2)15-5-4-6-16(13-15)20-12-11-19-10-8-17-7-9-18-3/h4-6,13-14,17H,7-12H2,1-3H3. The van der Waals surface area contributed by atoms with Crippen LogP contribution in [0.4, 0.5) is 0 Å². The van der Waals surface area contributed by atoms with Crippen molar-refractivity contribution in [1.29, 1.82) is 0 Å². The quantitative estimate of drug-likeness (QED) is 0.632. The molecule has 1 rings (SSSR count). The fourth-order valence-electron chi connectivity index (χ4n) is 1.73. The predicted molar refractivity (Wildman–Crippen MR) is 81.6 cm³/mol. The van der Waals surface area contributed by atoms with E-state index < -0.39 is 0 Å². The lowest BCUT2D eigenvalue weighted by Crippen LogP contribution is -2.24. The highest BCUT2D eigenvalue weighted by Gasteiger charge is 2.00. The second kappa shape index (κ2) is 10.7. The minimum absolute atomic E-state index is 0.521. The first-order valence-electron chi connectivity index (χ1n) is 7.24. The zero-order chi connectivity index (χ0) is 14.6. The fraction of sp³-hybridized carbons (Fsp3) is 0.625. The van der Waals surface area contributed by atoms with Crippen molar-refractivity contribution < 1.29 is 14.2 Å². The summed E-state index contributed by atoms with van der Waals surface area (Å²) in [6.45, 7) is 8.67. The number of methoxy groups -OCH3 is 1. The second-order valence-electron chi connectivity index (χ2n) is 4.93. The van der Waals surface area contributed by atoms with Crippen molar-refractivity contribution in [2.75, 3.05) is 46.6 Å². The Balaban J connectivity index is 2.05. The van der Waals surface area contributed by atoms with E-state index in [9.17, 15) is 0 Å². The van der Waals surface area contributed by atoms with Gasteiger partial charge in [-0.25, -0.2) is 0 Å². The van der Waals surface area contributed by atoms with E-state index in [1.54, 1.807) is 7.11 Å². The monoisotopic (exact) mass is 281 g/mol. The Labute approximate surface area is 122 Å². The molecule has 0 fully saturated rings. The van der Waals surface area contributed by atoms with Crippen molar-refractivity contribution in [1.82, 2.24) is 5.32 Å². The summed E-state index contributed by atoms with van der Waals surface area (Å²) in [5.74, 6) is 1.44. The fourth-order valence-corrected chi connectivity index (χ4v) is 1.73. The van der Waals surface area contributed by atoms with Crippen molar-refractivity contribution >= 4 is 0 Å². The van der Waals surface area contributed by atoms with Crippen molar-refractivity contribution in [2.24, 2.45) is 0 Å². The van der Waals surface area contributed by atoms with Crippen LogP contribution in [0.3, 0.4) is 0 Å². The van der Waals surface area contributed by atoms with E-state index >= 15 is 0 Å². The Morgan fingerprint density at radius 1 is 1.05 bits per heavy atom. The molecule has 0 heterocycles.